The van der Waals surface area contributed by atoms with E-state index in [1.807, 2.05) is 20.8 Å². The fraction of sp³-hybridized carbons (Fsp3) is 0.273. The first-order chi connectivity index (χ1) is 8.08. The molecular formula is C11H15ClN4S. The molecule has 0 spiro atoms. The van der Waals surface area contributed by atoms with Crippen LogP contribution in [0.4, 0.5) is 10.8 Å². The zero-order chi connectivity index (χ0) is 13.0. The standard InChI is InChI=1S/C9H9ClN4S.C2H6/c1-4-7(15-9(12)14-4)5-2-6(11)8(10)13-3-5;1-2/h2-3H,11H2,1H3,(H2,12,14);1-2H3. The van der Waals surface area contributed by atoms with Crippen molar-refractivity contribution in [3.05, 3.63) is 23.1 Å². The number of aromatic nitrogens is 2. The molecule has 0 radical (unpaired) electrons. The number of thiazole rings is 1. The molecule has 0 aliphatic carbocycles. The van der Waals surface area contributed by atoms with Crippen molar-refractivity contribution in [1.82, 2.24) is 9.97 Å². The van der Waals surface area contributed by atoms with Crippen molar-refractivity contribution in [3.63, 3.8) is 0 Å². The second-order valence-corrected chi connectivity index (χ2v) is 4.46. The van der Waals surface area contributed by atoms with E-state index in [1.165, 1.54) is 11.3 Å². The van der Waals surface area contributed by atoms with Gasteiger partial charge in [-0.15, -0.1) is 0 Å². The number of nitrogens with zero attached hydrogens (tertiary/aromatic N) is 2. The van der Waals surface area contributed by atoms with Crippen LogP contribution in [0, 0.1) is 6.92 Å². The Balaban J connectivity index is 0.000000686. The van der Waals surface area contributed by atoms with Crippen LogP contribution in [0.3, 0.4) is 0 Å². The van der Waals surface area contributed by atoms with E-state index >= 15 is 0 Å². The van der Waals surface area contributed by atoms with Crippen LogP contribution in [0.5, 0.6) is 0 Å². The molecule has 0 unspecified atom stereocenters. The quantitative estimate of drug-likeness (QED) is 0.779. The van der Waals surface area contributed by atoms with E-state index < -0.39 is 0 Å². The summed E-state index contributed by atoms with van der Waals surface area (Å²) in [6, 6.07) is 1.77. The first-order valence-corrected chi connectivity index (χ1v) is 6.41. The Morgan fingerprint density at radius 1 is 1.29 bits per heavy atom. The van der Waals surface area contributed by atoms with E-state index in [-0.39, 0.29) is 0 Å². The van der Waals surface area contributed by atoms with Crippen molar-refractivity contribution >= 4 is 33.8 Å². The molecule has 0 amide bonds. The van der Waals surface area contributed by atoms with Gasteiger partial charge in [-0.1, -0.05) is 36.8 Å². The van der Waals surface area contributed by atoms with Gasteiger partial charge in [0.2, 0.25) is 0 Å². The maximum atomic E-state index is 5.74. The number of halogens is 1. The van der Waals surface area contributed by atoms with Crippen LogP contribution >= 0.6 is 22.9 Å². The molecule has 2 aromatic heterocycles. The van der Waals surface area contributed by atoms with E-state index in [0.717, 1.165) is 16.1 Å². The van der Waals surface area contributed by atoms with Crippen LogP contribution in [0.2, 0.25) is 5.15 Å². The van der Waals surface area contributed by atoms with Crippen LogP contribution in [0.15, 0.2) is 12.3 Å². The van der Waals surface area contributed by atoms with Gasteiger partial charge in [-0.05, 0) is 13.0 Å². The van der Waals surface area contributed by atoms with Gasteiger partial charge in [0.1, 0.15) is 0 Å². The van der Waals surface area contributed by atoms with Gasteiger partial charge < -0.3 is 11.5 Å². The van der Waals surface area contributed by atoms with Crippen molar-refractivity contribution in [2.45, 2.75) is 20.8 Å². The molecule has 0 saturated carbocycles. The van der Waals surface area contributed by atoms with E-state index in [2.05, 4.69) is 9.97 Å². The Morgan fingerprint density at radius 3 is 2.41 bits per heavy atom. The zero-order valence-corrected chi connectivity index (χ0v) is 11.6. The number of rotatable bonds is 1. The number of nitrogen functional groups attached to an aromatic ring is 2. The Labute approximate surface area is 110 Å². The minimum Gasteiger partial charge on any atom is -0.396 e. The molecule has 0 saturated heterocycles. The highest BCUT2D eigenvalue weighted by atomic mass is 35.5. The molecule has 2 aromatic rings. The number of pyridine rings is 1. The Hall–Kier alpha value is -1.33. The van der Waals surface area contributed by atoms with Crippen molar-refractivity contribution in [3.8, 4) is 10.4 Å². The molecular weight excluding hydrogens is 256 g/mol. The third-order valence-corrected chi connectivity index (χ3v) is 3.29. The number of anilines is 2. The fourth-order valence-corrected chi connectivity index (χ4v) is 2.19. The van der Waals surface area contributed by atoms with Crippen molar-refractivity contribution in [2.24, 2.45) is 0 Å². The lowest BCUT2D eigenvalue weighted by molar-refractivity contribution is 1.26. The predicted molar refractivity (Wildman–Crippen MR) is 75.3 cm³/mol. The minimum atomic E-state index is 0.314. The molecule has 4 N–H and O–H groups in total. The monoisotopic (exact) mass is 270 g/mol. The van der Waals surface area contributed by atoms with E-state index in [4.69, 9.17) is 23.1 Å². The molecule has 4 nitrogen and oxygen atoms in total. The topological polar surface area (TPSA) is 77.8 Å². The summed E-state index contributed by atoms with van der Waals surface area (Å²) in [4.78, 5) is 9.09. The number of nitrogens with two attached hydrogens (primary N) is 2. The van der Waals surface area contributed by atoms with Gasteiger partial charge in [0.15, 0.2) is 10.3 Å². The van der Waals surface area contributed by atoms with Crippen molar-refractivity contribution < 1.29 is 0 Å². The maximum Gasteiger partial charge on any atom is 0.180 e. The van der Waals surface area contributed by atoms with Gasteiger partial charge in [0.05, 0.1) is 16.3 Å². The minimum absolute atomic E-state index is 0.314. The molecule has 2 rings (SSSR count). The molecule has 92 valence electrons. The Kier molecular flexibility index (Phi) is 4.72. The van der Waals surface area contributed by atoms with Crippen LogP contribution < -0.4 is 11.5 Å². The normalized spacial score (nSPS) is 9.65. The molecule has 6 heteroatoms. The molecule has 0 aliphatic heterocycles. The van der Waals surface area contributed by atoms with Crippen LogP contribution in [0.1, 0.15) is 19.5 Å². The van der Waals surface area contributed by atoms with Crippen molar-refractivity contribution in [1.29, 1.82) is 0 Å². The van der Waals surface area contributed by atoms with E-state index in [0.29, 0.717) is 16.0 Å². The third-order valence-electron chi connectivity index (χ3n) is 1.94. The molecule has 0 fully saturated rings. The second kappa shape index (κ2) is 5.84. The smallest absolute Gasteiger partial charge is 0.180 e. The lowest BCUT2D eigenvalue weighted by Crippen LogP contribution is -1.90. The molecule has 2 heterocycles. The number of hydrogen-bond acceptors (Lipinski definition) is 5. The van der Waals surface area contributed by atoms with Crippen LogP contribution in [0.25, 0.3) is 10.4 Å². The highest BCUT2D eigenvalue weighted by Crippen LogP contribution is 2.32. The maximum absolute atomic E-state index is 5.74. The summed E-state index contributed by atoms with van der Waals surface area (Å²) in [5, 5.41) is 0.852. The van der Waals surface area contributed by atoms with E-state index in [1.54, 1.807) is 12.3 Å². The summed E-state index contributed by atoms with van der Waals surface area (Å²) in [5.41, 5.74) is 13.5. The summed E-state index contributed by atoms with van der Waals surface area (Å²) in [5.74, 6) is 0. The summed E-state index contributed by atoms with van der Waals surface area (Å²) in [7, 11) is 0. The van der Waals surface area contributed by atoms with Crippen molar-refractivity contribution in [2.75, 3.05) is 11.5 Å². The first kappa shape index (κ1) is 13.7. The SMILES string of the molecule is CC.Cc1nc(N)sc1-c1cnc(Cl)c(N)c1. The zero-order valence-electron chi connectivity index (χ0n) is 9.99. The second-order valence-electron chi connectivity index (χ2n) is 3.07. The molecule has 0 atom stereocenters. The third kappa shape index (κ3) is 3.08. The first-order valence-electron chi connectivity index (χ1n) is 5.22. The molecule has 0 aromatic carbocycles. The van der Waals surface area contributed by atoms with Gasteiger partial charge in [0, 0.05) is 11.8 Å². The lowest BCUT2D eigenvalue weighted by Gasteiger charge is -2.01. The molecule has 17 heavy (non-hydrogen) atoms. The molecule has 0 aliphatic rings. The summed E-state index contributed by atoms with van der Waals surface area (Å²) >= 11 is 7.15. The summed E-state index contributed by atoms with van der Waals surface area (Å²) in [6.45, 7) is 5.90. The fourth-order valence-electron chi connectivity index (χ4n) is 1.27. The highest BCUT2D eigenvalue weighted by Gasteiger charge is 2.09. The number of hydrogen-bond donors (Lipinski definition) is 2. The summed E-state index contributed by atoms with van der Waals surface area (Å²) in [6.07, 6.45) is 1.67. The average Bonchev–Trinajstić information content (AvgIpc) is 2.65. The Morgan fingerprint density at radius 2 is 1.94 bits per heavy atom. The largest absolute Gasteiger partial charge is 0.396 e. The lowest BCUT2D eigenvalue weighted by atomic mass is 10.2. The molecule has 0 bridgehead atoms. The predicted octanol–water partition coefficient (Wildman–Crippen LogP) is 3.36. The van der Waals surface area contributed by atoms with Gasteiger partial charge in [-0.2, -0.15) is 0 Å². The van der Waals surface area contributed by atoms with E-state index in [9.17, 15) is 0 Å². The average molecular weight is 271 g/mol. The van der Waals surface area contributed by atoms with Crippen LogP contribution in [-0.2, 0) is 0 Å². The van der Waals surface area contributed by atoms with Gasteiger partial charge in [-0.3, -0.25) is 0 Å². The Bertz CT molecular complexity index is 510. The summed E-state index contributed by atoms with van der Waals surface area (Å²) < 4.78 is 0. The van der Waals surface area contributed by atoms with Crippen LogP contribution in [-0.4, -0.2) is 9.97 Å². The van der Waals surface area contributed by atoms with Gasteiger partial charge in [-0.25, -0.2) is 9.97 Å². The highest BCUT2D eigenvalue weighted by molar-refractivity contribution is 7.18. The van der Waals surface area contributed by atoms with Gasteiger partial charge in [0.25, 0.3) is 0 Å². The number of aryl methyl sites for hydroxylation is 1. The van der Waals surface area contributed by atoms with Gasteiger partial charge >= 0.3 is 0 Å².